The maximum absolute atomic E-state index is 12.1. The minimum atomic E-state index is -1.13. The van der Waals surface area contributed by atoms with E-state index in [9.17, 15) is 9.59 Å². The van der Waals surface area contributed by atoms with Gasteiger partial charge in [-0.2, -0.15) is 0 Å². The molecule has 0 saturated carbocycles. The Hall–Kier alpha value is -0.403. The van der Waals surface area contributed by atoms with Crippen LogP contribution in [0.2, 0.25) is 25.7 Å². The van der Waals surface area contributed by atoms with E-state index in [4.69, 9.17) is 4.74 Å². The Bertz CT molecular complexity index is 361. The first-order chi connectivity index (χ1) is 9.85. The first-order valence-corrected chi connectivity index (χ1v) is 12.4. The van der Waals surface area contributed by atoms with Crippen molar-refractivity contribution in [2.24, 2.45) is 0 Å². The van der Waals surface area contributed by atoms with E-state index in [1.54, 1.807) is 4.90 Å². The quantitative estimate of drug-likeness (QED) is 0.254. The van der Waals surface area contributed by atoms with Gasteiger partial charge in [-0.05, 0) is 18.9 Å². The number of rotatable bonds is 10. The molecule has 0 aliphatic carbocycles. The molecule has 1 aliphatic rings. The molecule has 1 rings (SSSR count). The Morgan fingerprint density at radius 1 is 1.19 bits per heavy atom. The fourth-order valence-corrected chi connectivity index (χ4v) is 3.16. The second-order valence-electron chi connectivity index (χ2n) is 6.62. The van der Waals surface area contributed by atoms with Crippen LogP contribution in [0.1, 0.15) is 19.3 Å². The normalized spacial score (nSPS) is 16.2. The summed E-state index contributed by atoms with van der Waals surface area (Å²) in [5.74, 6) is -0.145. The number of amides is 3. The Kier molecular flexibility index (Phi) is 7.90. The van der Waals surface area contributed by atoms with Crippen LogP contribution < -0.4 is 0 Å². The molecule has 3 amide bonds. The average Bonchev–Trinajstić information content (AvgIpc) is 2.65. The average molecular weight is 379 g/mol. The molecule has 122 valence electrons. The summed E-state index contributed by atoms with van der Waals surface area (Å²) < 4.78 is 5.51. The van der Waals surface area contributed by atoms with Gasteiger partial charge in [-0.1, -0.05) is 42.0 Å². The van der Waals surface area contributed by atoms with Crippen molar-refractivity contribution < 1.29 is 14.3 Å². The van der Waals surface area contributed by atoms with Crippen LogP contribution in [0.25, 0.3) is 0 Å². The van der Waals surface area contributed by atoms with E-state index in [0.29, 0.717) is 13.2 Å². The fourth-order valence-electron chi connectivity index (χ4n) is 2.00. The number of halogens is 1. The predicted octanol–water partition coefficient (Wildman–Crippen LogP) is 3.13. The third-order valence-corrected chi connectivity index (χ3v) is 5.67. The standard InChI is InChI=1S/C14H27BrN2O3Si/c1-21(2,3)10-9-20-12-17-13(18)11-16(14(17)19)8-6-4-5-7-15/h4-12H2,1-3H3. The van der Waals surface area contributed by atoms with Crippen molar-refractivity contribution in [2.75, 3.05) is 31.8 Å². The molecule has 0 radical (unpaired) electrons. The highest BCUT2D eigenvalue weighted by Gasteiger charge is 2.35. The summed E-state index contributed by atoms with van der Waals surface area (Å²) in [6.45, 7) is 8.40. The first kappa shape index (κ1) is 18.6. The van der Waals surface area contributed by atoms with Gasteiger partial charge < -0.3 is 9.64 Å². The topological polar surface area (TPSA) is 49.9 Å². The van der Waals surface area contributed by atoms with Crippen LogP contribution in [0, 0.1) is 0 Å². The number of ether oxygens (including phenoxy) is 1. The van der Waals surface area contributed by atoms with E-state index in [-0.39, 0.29) is 25.2 Å². The summed E-state index contributed by atoms with van der Waals surface area (Å²) in [4.78, 5) is 26.8. The molecule has 1 aliphatic heterocycles. The molecule has 0 spiro atoms. The van der Waals surface area contributed by atoms with Gasteiger partial charge in [0.15, 0.2) is 0 Å². The molecule has 0 aromatic rings. The Balaban J connectivity index is 2.29. The van der Waals surface area contributed by atoms with Crippen LogP contribution in [0.3, 0.4) is 0 Å². The van der Waals surface area contributed by atoms with Crippen LogP contribution in [-0.4, -0.2) is 61.6 Å². The van der Waals surface area contributed by atoms with Crippen LogP contribution in [0.15, 0.2) is 0 Å². The van der Waals surface area contributed by atoms with Gasteiger partial charge in [-0.3, -0.25) is 4.79 Å². The van der Waals surface area contributed by atoms with Crippen molar-refractivity contribution in [3.8, 4) is 0 Å². The molecule has 0 atom stereocenters. The van der Waals surface area contributed by atoms with Crippen molar-refractivity contribution in [1.29, 1.82) is 0 Å². The van der Waals surface area contributed by atoms with E-state index < -0.39 is 8.07 Å². The fraction of sp³-hybridized carbons (Fsp3) is 0.857. The Labute approximate surface area is 137 Å². The summed E-state index contributed by atoms with van der Waals surface area (Å²) >= 11 is 3.39. The molecule has 0 N–H and O–H groups in total. The van der Waals surface area contributed by atoms with Crippen molar-refractivity contribution in [3.05, 3.63) is 0 Å². The number of hydrogen-bond acceptors (Lipinski definition) is 3. The van der Waals surface area contributed by atoms with Gasteiger partial charge >= 0.3 is 6.03 Å². The van der Waals surface area contributed by atoms with Gasteiger partial charge in [-0.25, -0.2) is 9.69 Å². The summed E-state index contributed by atoms with van der Waals surface area (Å²) in [7, 11) is -1.13. The maximum atomic E-state index is 12.1. The zero-order valence-electron chi connectivity index (χ0n) is 13.4. The van der Waals surface area contributed by atoms with Gasteiger partial charge in [0, 0.05) is 26.6 Å². The monoisotopic (exact) mass is 378 g/mol. The van der Waals surface area contributed by atoms with Gasteiger partial charge in [0.05, 0.1) is 0 Å². The van der Waals surface area contributed by atoms with Crippen LogP contribution >= 0.6 is 15.9 Å². The van der Waals surface area contributed by atoms with E-state index in [2.05, 4.69) is 35.6 Å². The molecule has 7 heteroatoms. The van der Waals surface area contributed by atoms with Crippen molar-refractivity contribution >= 4 is 35.9 Å². The minimum Gasteiger partial charge on any atom is -0.361 e. The van der Waals surface area contributed by atoms with E-state index in [0.717, 1.165) is 30.6 Å². The number of carbonyl (C=O) groups excluding carboxylic acids is 2. The number of alkyl halides is 1. The zero-order valence-corrected chi connectivity index (χ0v) is 15.9. The predicted molar refractivity (Wildman–Crippen MR) is 90.4 cm³/mol. The van der Waals surface area contributed by atoms with E-state index >= 15 is 0 Å². The number of imide groups is 1. The van der Waals surface area contributed by atoms with Gasteiger partial charge in [0.2, 0.25) is 0 Å². The zero-order chi connectivity index (χ0) is 15.9. The maximum Gasteiger partial charge on any atom is 0.329 e. The van der Waals surface area contributed by atoms with Gasteiger partial charge in [-0.15, -0.1) is 0 Å². The highest BCUT2D eigenvalue weighted by atomic mass is 79.9. The third kappa shape index (κ3) is 6.93. The molecule has 0 aromatic carbocycles. The second-order valence-corrected chi connectivity index (χ2v) is 13.0. The number of urea groups is 1. The first-order valence-electron chi connectivity index (χ1n) is 7.58. The second kappa shape index (κ2) is 8.90. The number of nitrogens with zero attached hydrogens (tertiary/aromatic N) is 2. The van der Waals surface area contributed by atoms with Crippen LogP contribution in [0.5, 0.6) is 0 Å². The van der Waals surface area contributed by atoms with Crippen LogP contribution in [-0.2, 0) is 9.53 Å². The molecule has 0 unspecified atom stereocenters. The van der Waals surface area contributed by atoms with E-state index in [1.165, 1.54) is 4.90 Å². The SMILES string of the molecule is C[Si](C)(C)CCOCN1C(=O)CN(CCCCCBr)C1=O. The molecule has 5 nitrogen and oxygen atoms in total. The lowest BCUT2D eigenvalue weighted by Crippen LogP contribution is -2.35. The number of hydrogen-bond donors (Lipinski definition) is 0. The molecule has 1 heterocycles. The summed E-state index contributed by atoms with van der Waals surface area (Å²) in [6.07, 6.45) is 3.10. The number of unbranched alkanes of at least 4 members (excludes halogenated alkanes) is 2. The lowest BCUT2D eigenvalue weighted by molar-refractivity contribution is -0.128. The molecule has 1 saturated heterocycles. The summed E-state index contributed by atoms with van der Waals surface area (Å²) in [6, 6.07) is 0.839. The Morgan fingerprint density at radius 2 is 1.90 bits per heavy atom. The highest BCUT2D eigenvalue weighted by molar-refractivity contribution is 9.09. The van der Waals surface area contributed by atoms with Crippen molar-refractivity contribution in [1.82, 2.24) is 9.80 Å². The summed E-state index contributed by atoms with van der Waals surface area (Å²) in [5, 5.41) is 0.983. The molecule has 0 bridgehead atoms. The smallest absolute Gasteiger partial charge is 0.329 e. The minimum absolute atomic E-state index is 0.0973. The lowest BCUT2D eigenvalue weighted by Gasteiger charge is -2.19. The molecule has 21 heavy (non-hydrogen) atoms. The molecule has 1 fully saturated rings. The third-order valence-electron chi connectivity index (χ3n) is 3.41. The highest BCUT2D eigenvalue weighted by Crippen LogP contribution is 2.13. The largest absolute Gasteiger partial charge is 0.361 e. The summed E-state index contributed by atoms with van der Waals surface area (Å²) in [5.41, 5.74) is 0. The molecule has 0 aromatic heterocycles. The van der Waals surface area contributed by atoms with Crippen LogP contribution in [0.4, 0.5) is 4.79 Å². The van der Waals surface area contributed by atoms with Crippen molar-refractivity contribution in [2.45, 2.75) is 44.9 Å². The molecular weight excluding hydrogens is 352 g/mol. The van der Waals surface area contributed by atoms with Crippen molar-refractivity contribution in [3.63, 3.8) is 0 Å². The Morgan fingerprint density at radius 3 is 2.52 bits per heavy atom. The lowest BCUT2D eigenvalue weighted by atomic mass is 10.2. The molecular formula is C14H27BrN2O3Si. The van der Waals surface area contributed by atoms with E-state index in [1.807, 2.05) is 0 Å². The van der Waals surface area contributed by atoms with Gasteiger partial charge in [0.25, 0.3) is 5.91 Å². The van der Waals surface area contributed by atoms with Gasteiger partial charge in [0.1, 0.15) is 13.3 Å². The number of carbonyl (C=O) groups is 2.